The van der Waals surface area contributed by atoms with Crippen molar-refractivity contribution in [2.45, 2.75) is 12.8 Å². The molecule has 3 aromatic rings. The van der Waals surface area contributed by atoms with Crippen LogP contribution in [-0.4, -0.2) is 35.2 Å². The van der Waals surface area contributed by atoms with Crippen molar-refractivity contribution in [2.24, 2.45) is 5.92 Å². The van der Waals surface area contributed by atoms with Crippen LogP contribution in [0, 0.1) is 5.92 Å². The highest BCUT2D eigenvalue weighted by atomic mass is 32.2. The van der Waals surface area contributed by atoms with E-state index in [-0.39, 0.29) is 17.8 Å². The topological polar surface area (TPSA) is 105 Å². The molecule has 9 heteroatoms. The van der Waals surface area contributed by atoms with Gasteiger partial charge in [0.05, 0.1) is 11.9 Å². The highest BCUT2D eigenvalue weighted by Crippen LogP contribution is 2.30. The predicted octanol–water partition coefficient (Wildman–Crippen LogP) is 2.12. The minimum Gasteiger partial charge on any atom is -0.293 e. The minimum absolute atomic E-state index is 0.0429. The summed E-state index contributed by atoms with van der Waals surface area (Å²) in [5.41, 5.74) is 2.73. The monoisotopic (exact) mass is 371 g/mol. The molecule has 8 nitrogen and oxygen atoms in total. The molecular weight excluding hydrogens is 354 g/mol. The maximum atomic E-state index is 11.9. The summed E-state index contributed by atoms with van der Waals surface area (Å²) in [6, 6.07) is 12.5. The van der Waals surface area contributed by atoms with Crippen LogP contribution in [0.2, 0.25) is 0 Å². The molecule has 1 aliphatic rings. The summed E-state index contributed by atoms with van der Waals surface area (Å²) in [4.78, 5) is 16.2. The second-order valence-electron chi connectivity index (χ2n) is 6.33. The molecule has 1 aliphatic carbocycles. The van der Waals surface area contributed by atoms with E-state index >= 15 is 0 Å². The quantitative estimate of drug-likeness (QED) is 0.715. The van der Waals surface area contributed by atoms with Crippen LogP contribution in [0.3, 0.4) is 0 Å². The van der Waals surface area contributed by atoms with Crippen LogP contribution in [0.4, 0.5) is 11.6 Å². The summed E-state index contributed by atoms with van der Waals surface area (Å²) in [6.07, 6.45) is 2.94. The summed E-state index contributed by atoms with van der Waals surface area (Å²) in [7, 11) is -3.32. The van der Waals surface area contributed by atoms with Crippen molar-refractivity contribution in [3.8, 4) is 11.3 Å². The van der Waals surface area contributed by atoms with E-state index in [0.29, 0.717) is 11.3 Å². The number of carbonyl (C=O) groups excluding carboxylic acids is 1. The minimum atomic E-state index is -3.32. The molecule has 4 rings (SSSR count). The number of pyridine rings is 1. The molecule has 0 aliphatic heterocycles. The van der Waals surface area contributed by atoms with Crippen molar-refractivity contribution < 1.29 is 13.2 Å². The van der Waals surface area contributed by atoms with Crippen molar-refractivity contribution in [3.63, 3.8) is 0 Å². The van der Waals surface area contributed by atoms with E-state index in [9.17, 15) is 13.2 Å². The van der Waals surface area contributed by atoms with Crippen LogP contribution in [0.1, 0.15) is 12.8 Å². The highest BCUT2D eigenvalue weighted by molar-refractivity contribution is 7.92. The molecule has 2 N–H and O–H groups in total. The van der Waals surface area contributed by atoms with Gasteiger partial charge in [0.25, 0.3) is 0 Å². The van der Waals surface area contributed by atoms with Gasteiger partial charge in [0.15, 0.2) is 5.65 Å². The van der Waals surface area contributed by atoms with Crippen molar-refractivity contribution in [1.82, 2.24) is 14.6 Å². The molecule has 0 atom stereocenters. The van der Waals surface area contributed by atoms with Gasteiger partial charge in [-0.25, -0.2) is 12.9 Å². The fourth-order valence-electron chi connectivity index (χ4n) is 2.66. The number of carbonyl (C=O) groups is 1. The van der Waals surface area contributed by atoms with Gasteiger partial charge >= 0.3 is 0 Å². The molecule has 2 heterocycles. The zero-order valence-electron chi connectivity index (χ0n) is 14.0. The molecule has 0 spiro atoms. The fourth-order valence-corrected chi connectivity index (χ4v) is 3.22. The molecule has 0 saturated heterocycles. The molecule has 2 aromatic heterocycles. The Bertz CT molecular complexity index is 1090. The van der Waals surface area contributed by atoms with Gasteiger partial charge < -0.3 is 0 Å². The molecule has 1 amide bonds. The Hall–Kier alpha value is -2.94. The standard InChI is InChI=1S/C17H17N5O3S/c1-26(24,25)21-13-9-7-11(8-10-13)14-3-2-4-15-18-17(20-22(14)15)19-16(23)12-5-6-12/h2-4,7-10,12,21H,5-6H2,1H3,(H,19,20,23). The number of sulfonamides is 1. The Balaban J connectivity index is 1.65. The second kappa shape index (κ2) is 6.10. The third-order valence-electron chi connectivity index (χ3n) is 4.03. The SMILES string of the molecule is CS(=O)(=O)Nc1ccc(-c2cccc3nc(NC(=O)C4CC4)nn23)cc1. The number of hydrogen-bond acceptors (Lipinski definition) is 5. The summed E-state index contributed by atoms with van der Waals surface area (Å²) < 4.78 is 26.7. The van der Waals surface area contributed by atoms with E-state index in [4.69, 9.17) is 0 Å². The van der Waals surface area contributed by atoms with Gasteiger partial charge in [0.1, 0.15) is 0 Å². The number of fused-ring (bicyclic) bond motifs is 1. The number of nitrogens with one attached hydrogen (secondary N) is 2. The van der Waals surface area contributed by atoms with Gasteiger partial charge in [-0.2, -0.15) is 4.98 Å². The number of anilines is 2. The van der Waals surface area contributed by atoms with Crippen molar-refractivity contribution in [1.29, 1.82) is 0 Å². The average molecular weight is 371 g/mol. The maximum Gasteiger partial charge on any atom is 0.249 e. The zero-order chi connectivity index (χ0) is 18.3. The van der Waals surface area contributed by atoms with Gasteiger partial charge in [-0.05, 0) is 37.1 Å². The van der Waals surface area contributed by atoms with E-state index in [0.717, 1.165) is 30.4 Å². The lowest BCUT2D eigenvalue weighted by atomic mass is 10.1. The Kier molecular flexibility index (Phi) is 3.87. The number of nitrogens with zero attached hydrogens (tertiary/aromatic N) is 3. The first-order chi connectivity index (χ1) is 12.4. The summed E-state index contributed by atoms with van der Waals surface area (Å²) in [5, 5.41) is 7.13. The summed E-state index contributed by atoms with van der Waals surface area (Å²) in [6.45, 7) is 0. The normalized spacial score (nSPS) is 14.3. The Morgan fingerprint density at radius 1 is 1.15 bits per heavy atom. The molecule has 0 bridgehead atoms. The van der Waals surface area contributed by atoms with Crippen LogP contribution in [0.25, 0.3) is 16.9 Å². The lowest BCUT2D eigenvalue weighted by molar-refractivity contribution is -0.117. The first-order valence-electron chi connectivity index (χ1n) is 8.14. The van der Waals surface area contributed by atoms with Crippen molar-refractivity contribution >= 4 is 33.2 Å². The van der Waals surface area contributed by atoms with Gasteiger partial charge in [0.2, 0.25) is 21.9 Å². The number of aromatic nitrogens is 3. The van der Waals surface area contributed by atoms with Gasteiger partial charge in [-0.3, -0.25) is 14.8 Å². The largest absolute Gasteiger partial charge is 0.293 e. The second-order valence-corrected chi connectivity index (χ2v) is 8.08. The molecular formula is C17H17N5O3S. The lowest BCUT2D eigenvalue weighted by Crippen LogP contribution is -2.14. The Morgan fingerprint density at radius 3 is 2.54 bits per heavy atom. The van der Waals surface area contributed by atoms with Gasteiger partial charge in [-0.1, -0.05) is 18.2 Å². The van der Waals surface area contributed by atoms with Gasteiger partial charge in [-0.15, -0.1) is 5.10 Å². The van der Waals surface area contributed by atoms with Crippen molar-refractivity contribution in [3.05, 3.63) is 42.5 Å². The van der Waals surface area contributed by atoms with E-state index < -0.39 is 10.0 Å². The third kappa shape index (κ3) is 3.52. The lowest BCUT2D eigenvalue weighted by Gasteiger charge is -2.07. The van der Waals surface area contributed by atoms with Crippen molar-refractivity contribution in [2.75, 3.05) is 16.3 Å². The Morgan fingerprint density at radius 2 is 1.88 bits per heavy atom. The molecule has 1 fully saturated rings. The molecule has 134 valence electrons. The highest BCUT2D eigenvalue weighted by Gasteiger charge is 2.30. The molecule has 1 aromatic carbocycles. The number of rotatable bonds is 5. The van der Waals surface area contributed by atoms with Crippen LogP contribution < -0.4 is 10.0 Å². The summed E-state index contributed by atoms with van der Waals surface area (Å²) >= 11 is 0. The van der Waals surface area contributed by atoms with Crippen LogP contribution in [0.15, 0.2) is 42.5 Å². The number of hydrogen-bond donors (Lipinski definition) is 2. The van der Waals surface area contributed by atoms with E-state index in [1.54, 1.807) is 28.8 Å². The first kappa shape index (κ1) is 16.5. The average Bonchev–Trinajstić information content (AvgIpc) is 3.34. The van der Waals surface area contributed by atoms with Crippen LogP contribution in [0.5, 0.6) is 0 Å². The third-order valence-corrected chi connectivity index (χ3v) is 4.63. The van der Waals surface area contributed by atoms with Crippen LogP contribution in [-0.2, 0) is 14.8 Å². The maximum absolute atomic E-state index is 11.9. The smallest absolute Gasteiger partial charge is 0.249 e. The predicted molar refractivity (Wildman–Crippen MR) is 98.2 cm³/mol. The molecule has 0 unspecified atom stereocenters. The fraction of sp³-hybridized carbons (Fsp3) is 0.235. The van der Waals surface area contributed by atoms with E-state index in [2.05, 4.69) is 20.1 Å². The van der Waals surface area contributed by atoms with Crippen LogP contribution >= 0.6 is 0 Å². The molecule has 1 saturated carbocycles. The number of benzene rings is 1. The summed E-state index contributed by atoms with van der Waals surface area (Å²) in [5.74, 6) is 0.319. The Labute approximate surface area is 150 Å². The number of amides is 1. The van der Waals surface area contributed by atoms with E-state index in [1.807, 2.05) is 18.2 Å². The van der Waals surface area contributed by atoms with E-state index in [1.165, 1.54) is 0 Å². The van der Waals surface area contributed by atoms with Gasteiger partial charge in [0, 0.05) is 17.2 Å². The first-order valence-corrected chi connectivity index (χ1v) is 10.0. The zero-order valence-corrected chi connectivity index (χ0v) is 14.8. The molecule has 0 radical (unpaired) electrons. The molecule has 26 heavy (non-hydrogen) atoms.